The Bertz CT molecular complexity index is 753. The van der Waals surface area contributed by atoms with Gasteiger partial charge in [-0.2, -0.15) is 0 Å². The van der Waals surface area contributed by atoms with Gasteiger partial charge in [0.15, 0.2) is 5.82 Å². The number of anilines is 1. The Balaban J connectivity index is 2.36. The Hall–Kier alpha value is -1.70. The van der Waals surface area contributed by atoms with Gasteiger partial charge < -0.3 is 5.32 Å². The van der Waals surface area contributed by atoms with Crippen LogP contribution < -0.4 is 10.0 Å². The molecule has 0 saturated carbocycles. The van der Waals surface area contributed by atoms with Gasteiger partial charge in [0.05, 0.1) is 16.8 Å². The van der Waals surface area contributed by atoms with Crippen LogP contribution in [-0.4, -0.2) is 20.4 Å². The summed E-state index contributed by atoms with van der Waals surface area (Å²) in [6, 6.07) is 5.55. The van der Waals surface area contributed by atoms with Crippen molar-refractivity contribution in [3.8, 4) is 0 Å². The van der Waals surface area contributed by atoms with Crippen LogP contribution in [0.1, 0.15) is 5.56 Å². The van der Waals surface area contributed by atoms with Crippen LogP contribution in [0.5, 0.6) is 0 Å². The lowest BCUT2D eigenvalue weighted by molar-refractivity contribution is 0.597. The molecule has 2 aromatic rings. The summed E-state index contributed by atoms with van der Waals surface area (Å²) in [6.45, 7) is 0.422. The molecular weight excluding hydrogens is 317 g/mol. The minimum Gasteiger partial charge on any atom is -0.316 e. The van der Waals surface area contributed by atoms with Gasteiger partial charge >= 0.3 is 0 Å². The van der Waals surface area contributed by atoms with E-state index in [0.717, 1.165) is 6.20 Å². The largest absolute Gasteiger partial charge is 0.316 e. The van der Waals surface area contributed by atoms with E-state index in [-0.39, 0.29) is 10.6 Å². The first-order chi connectivity index (χ1) is 9.94. The van der Waals surface area contributed by atoms with E-state index in [2.05, 4.69) is 15.0 Å². The van der Waals surface area contributed by atoms with Crippen LogP contribution in [0, 0.1) is 5.82 Å². The quantitative estimate of drug-likeness (QED) is 0.883. The summed E-state index contributed by atoms with van der Waals surface area (Å²) in [5.74, 6) is -0.745. The molecule has 0 amide bonds. The van der Waals surface area contributed by atoms with Gasteiger partial charge in [-0.25, -0.2) is 12.8 Å². The van der Waals surface area contributed by atoms with Gasteiger partial charge in [0.2, 0.25) is 0 Å². The molecule has 0 aliphatic carbocycles. The second-order valence-electron chi connectivity index (χ2n) is 4.24. The van der Waals surface area contributed by atoms with Crippen LogP contribution in [0.3, 0.4) is 0 Å². The van der Waals surface area contributed by atoms with Gasteiger partial charge in [0, 0.05) is 17.8 Å². The minimum absolute atomic E-state index is 0.00774. The highest BCUT2D eigenvalue weighted by Crippen LogP contribution is 2.23. The molecule has 1 aromatic carbocycles. The summed E-state index contributed by atoms with van der Waals surface area (Å²) < 4.78 is 40.2. The number of pyridine rings is 1. The van der Waals surface area contributed by atoms with E-state index in [1.165, 1.54) is 30.5 Å². The Morgan fingerprint density at radius 1 is 1.33 bits per heavy atom. The van der Waals surface area contributed by atoms with Crippen LogP contribution in [0.4, 0.5) is 10.1 Å². The van der Waals surface area contributed by atoms with Gasteiger partial charge in [0.1, 0.15) is 0 Å². The molecule has 8 heteroatoms. The third-order valence-electron chi connectivity index (χ3n) is 2.71. The molecule has 0 saturated heterocycles. The standard InChI is InChI=1S/C13H13ClFN3O2S/c1-16-7-9-6-10(2-3-11(9)14)21(19,20)18-13-4-5-17-8-12(13)15/h2-6,8,16H,7H2,1H3,(H,17,18). The fraction of sp³-hybridized carbons (Fsp3) is 0.154. The number of sulfonamides is 1. The molecule has 0 aliphatic rings. The van der Waals surface area contributed by atoms with Gasteiger partial charge in [0.25, 0.3) is 10.0 Å². The van der Waals surface area contributed by atoms with Gasteiger partial charge in [-0.3, -0.25) is 9.71 Å². The van der Waals surface area contributed by atoms with Crippen molar-refractivity contribution in [1.29, 1.82) is 0 Å². The number of aromatic nitrogens is 1. The SMILES string of the molecule is CNCc1cc(S(=O)(=O)Nc2ccncc2F)ccc1Cl. The molecule has 5 nitrogen and oxygen atoms in total. The van der Waals surface area contributed by atoms with E-state index in [0.29, 0.717) is 17.1 Å². The topological polar surface area (TPSA) is 71.1 Å². The number of rotatable bonds is 5. The van der Waals surface area contributed by atoms with Crippen molar-refractivity contribution in [2.75, 3.05) is 11.8 Å². The van der Waals surface area contributed by atoms with E-state index >= 15 is 0 Å². The number of nitrogens with one attached hydrogen (secondary N) is 2. The first-order valence-electron chi connectivity index (χ1n) is 5.99. The van der Waals surface area contributed by atoms with Gasteiger partial charge in [-0.05, 0) is 36.9 Å². The number of hydrogen-bond acceptors (Lipinski definition) is 4. The van der Waals surface area contributed by atoms with Crippen molar-refractivity contribution in [1.82, 2.24) is 10.3 Å². The molecule has 0 aliphatic heterocycles. The molecule has 21 heavy (non-hydrogen) atoms. The molecule has 2 N–H and O–H groups in total. The van der Waals surface area contributed by atoms with Crippen LogP contribution in [0.2, 0.25) is 5.02 Å². The van der Waals surface area contributed by atoms with Gasteiger partial charge in [-0.1, -0.05) is 11.6 Å². The smallest absolute Gasteiger partial charge is 0.261 e. The molecule has 1 aromatic heterocycles. The monoisotopic (exact) mass is 329 g/mol. The highest BCUT2D eigenvalue weighted by atomic mass is 35.5. The number of hydrogen-bond donors (Lipinski definition) is 2. The molecule has 0 spiro atoms. The fourth-order valence-corrected chi connectivity index (χ4v) is 3.01. The van der Waals surface area contributed by atoms with Crippen LogP contribution >= 0.6 is 11.6 Å². The molecular formula is C13H13ClFN3O2S. The summed E-state index contributed by atoms with van der Waals surface area (Å²) in [5, 5.41) is 3.35. The third kappa shape index (κ3) is 3.69. The molecule has 1 heterocycles. The van der Waals surface area contributed by atoms with Crippen molar-refractivity contribution in [2.24, 2.45) is 0 Å². The summed E-state index contributed by atoms with van der Waals surface area (Å²) in [5.41, 5.74) is 0.479. The lowest BCUT2D eigenvalue weighted by Crippen LogP contribution is -2.15. The van der Waals surface area contributed by atoms with Crippen molar-refractivity contribution in [3.05, 3.63) is 53.1 Å². The molecule has 112 valence electrons. The zero-order valence-corrected chi connectivity index (χ0v) is 12.7. The zero-order chi connectivity index (χ0) is 15.5. The molecule has 2 rings (SSSR count). The van der Waals surface area contributed by atoms with Crippen LogP contribution in [0.25, 0.3) is 0 Å². The number of benzene rings is 1. The summed E-state index contributed by atoms with van der Waals surface area (Å²) in [7, 11) is -2.17. The van der Waals surface area contributed by atoms with E-state index in [1.807, 2.05) is 0 Å². The maximum atomic E-state index is 13.5. The molecule has 0 radical (unpaired) electrons. The number of nitrogens with zero attached hydrogens (tertiary/aromatic N) is 1. The first kappa shape index (κ1) is 15.7. The first-order valence-corrected chi connectivity index (χ1v) is 7.85. The molecule has 0 fully saturated rings. The van der Waals surface area contributed by atoms with Crippen molar-refractivity contribution in [2.45, 2.75) is 11.4 Å². The zero-order valence-electron chi connectivity index (χ0n) is 11.1. The second kappa shape index (κ2) is 6.38. The lowest BCUT2D eigenvalue weighted by atomic mass is 10.2. The van der Waals surface area contributed by atoms with E-state index in [1.54, 1.807) is 7.05 Å². The van der Waals surface area contributed by atoms with Crippen LogP contribution in [0.15, 0.2) is 41.6 Å². The Morgan fingerprint density at radius 2 is 2.10 bits per heavy atom. The van der Waals surface area contributed by atoms with E-state index in [9.17, 15) is 12.8 Å². The summed E-state index contributed by atoms with van der Waals surface area (Å²) in [4.78, 5) is 3.57. The summed E-state index contributed by atoms with van der Waals surface area (Å²) in [6.07, 6.45) is 2.24. The average molecular weight is 330 g/mol. The molecule has 0 unspecified atom stereocenters. The highest BCUT2D eigenvalue weighted by Gasteiger charge is 2.17. The Kier molecular flexibility index (Phi) is 4.76. The van der Waals surface area contributed by atoms with Crippen LogP contribution in [-0.2, 0) is 16.6 Å². The van der Waals surface area contributed by atoms with E-state index in [4.69, 9.17) is 11.6 Å². The average Bonchev–Trinajstić information content (AvgIpc) is 2.44. The van der Waals surface area contributed by atoms with Crippen molar-refractivity contribution in [3.63, 3.8) is 0 Å². The molecule has 0 atom stereocenters. The predicted octanol–water partition coefficient (Wildman–Crippen LogP) is 2.39. The fourth-order valence-electron chi connectivity index (χ4n) is 1.71. The maximum absolute atomic E-state index is 13.5. The molecule has 0 bridgehead atoms. The minimum atomic E-state index is -3.90. The normalized spacial score (nSPS) is 11.4. The van der Waals surface area contributed by atoms with E-state index < -0.39 is 15.8 Å². The van der Waals surface area contributed by atoms with Crippen molar-refractivity contribution < 1.29 is 12.8 Å². The van der Waals surface area contributed by atoms with Gasteiger partial charge in [-0.15, -0.1) is 0 Å². The third-order valence-corrected chi connectivity index (χ3v) is 4.44. The number of halogens is 2. The Morgan fingerprint density at radius 3 is 2.76 bits per heavy atom. The maximum Gasteiger partial charge on any atom is 0.261 e. The lowest BCUT2D eigenvalue weighted by Gasteiger charge is -2.11. The van der Waals surface area contributed by atoms with Crippen molar-refractivity contribution >= 4 is 27.3 Å². The highest BCUT2D eigenvalue weighted by molar-refractivity contribution is 7.92. The Labute approximate surface area is 127 Å². The predicted molar refractivity (Wildman–Crippen MR) is 79.2 cm³/mol. The summed E-state index contributed by atoms with van der Waals surface area (Å²) >= 11 is 5.99. The second-order valence-corrected chi connectivity index (χ2v) is 6.33.